The Morgan fingerprint density at radius 2 is 2.31 bits per heavy atom. The van der Waals surface area contributed by atoms with Crippen LogP contribution >= 0.6 is 0 Å². The van der Waals surface area contributed by atoms with Crippen molar-refractivity contribution in [2.24, 2.45) is 5.73 Å². The van der Waals surface area contributed by atoms with Gasteiger partial charge in [0.15, 0.2) is 5.69 Å². The summed E-state index contributed by atoms with van der Waals surface area (Å²) in [5.74, 6) is -0.0726. The number of carbonyl (C=O) groups is 1. The summed E-state index contributed by atoms with van der Waals surface area (Å²) in [7, 11) is 0. The lowest BCUT2D eigenvalue weighted by atomic mass is 10.3. The third-order valence-corrected chi connectivity index (χ3v) is 1.70. The molecule has 0 unspecified atom stereocenters. The Bertz CT molecular complexity index is 353. The molecule has 88 valence electrons. The van der Waals surface area contributed by atoms with E-state index in [0.29, 0.717) is 19.1 Å². The van der Waals surface area contributed by atoms with Gasteiger partial charge in [0.05, 0.1) is 6.61 Å². The molecule has 0 aromatic carbocycles. The van der Waals surface area contributed by atoms with Gasteiger partial charge in [-0.25, -0.2) is 9.78 Å². The highest BCUT2D eigenvalue weighted by molar-refractivity contribution is 5.87. The molecule has 0 radical (unpaired) electrons. The van der Waals surface area contributed by atoms with Crippen molar-refractivity contribution in [1.29, 1.82) is 0 Å². The summed E-state index contributed by atoms with van der Waals surface area (Å²) in [4.78, 5) is 15.4. The van der Waals surface area contributed by atoms with E-state index < -0.39 is 5.97 Å². The van der Waals surface area contributed by atoms with Gasteiger partial charge in [0.1, 0.15) is 6.61 Å². The lowest BCUT2D eigenvalue weighted by molar-refractivity contribution is 0.0518. The number of pyridine rings is 1. The number of rotatable bonds is 5. The van der Waals surface area contributed by atoms with Crippen LogP contribution in [-0.2, 0) is 4.74 Å². The first-order valence-corrected chi connectivity index (χ1v) is 5.16. The highest BCUT2D eigenvalue weighted by atomic mass is 16.5. The fourth-order valence-corrected chi connectivity index (χ4v) is 1.03. The summed E-state index contributed by atoms with van der Waals surface area (Å²) in [6.45, 7) is 4.26. The van der Waals surface area contributed by atoms with E-state index in [9.17, 15) is 4.79 Å². The van der Waals surface area contributed by atoms with Gasteiger partial charge >= 0.3 is 5.97 Å². The van der Waals surface area contributed by atoms with E-state index in [2.05, 4.69) is 4.98 Å². The molecule has 1 aromatic heterocycles. The van der Waals surface area contributed by atoms with Crippen molar-refractivity contribution >= 4 is 5.97 Å². The SMILES string of the molecule is CCOC(=O)c1cccc(OC[C@H](C)N)n1. The molecular weight excluding hydrogens is 208 g/mol. The van der Waals surface area contributed by atoms with Gasteiger partial charge in [-0.3, -0.25) is 0 Å². The lowest BCUT2D eigenvalue weighted by Crippen LogP contribution is -2.24. The third kappa shape index (κ3) is 3.86. The van der Waals surface area contributed by atoms with Gasteiger partial charge in [-0.05, 0) is 19.9 Å². The summed E-state index contributed by atoms with van der Waals surface area (Å²) < 4.78 is 10.1. The van der Waals surface area contributed by atoms with Crippen molar-refractivity contribution < 1.29 is 14.3 Å². The fraction of sp³-hybridized carbons (Fsp3) is 0.455. The van der Waals surface area contributed by atoms with Gasteiger partial charge < -0.3 is 15.2 Å². The molecule has 1 heterocycles. The average molecular weight is 224 g/mol. The zero-order valence-corrected chi connectivity index (χ0v) is 9.47. The second kappa shape index (κ2) is 6.07. The Balaban J connectivity index is 2.67. The molecule has 0 aliphatic rings. The van der Waals surface area contributed by atoms with Crippen LogP contribution in [0.5, 0.6) is 5.88 Å². The van der Waals surface area contributed by atoms with E-state index in [1.54, 1.807) is 25.1 Å². The van der Waals surface area contributed by atoms with Crippen molar-refractivity contribution in [2.75, 3.05) is 13.2 Å². The number of hydrogen-bond acceptors (Lipinski definition) is 5. The van der Waals surface area contributed by atoms with Crippen molar-refractivity contribution in [2.45, 2.75) is 19.9 Å². The van der Waals surface area contributed by atoms with Crippen LogP contribution in [0.15, 0.2) is 18.2 Å². The van der Waals surface area contributed by atoms with Gasteiger partial charge in [0, 0.05) is 12.1 Å². The third-order valence-electron chi connectivity index (χ3n) is 1.70. The summed E-state index contributed by atoms with van der Waals surface area (Å²) in [5.41, 5.74) is 5.78. The zero-order valence-electron chi connectivity index (χ0n) is 9.47. The Hall–Kier alpha value is -1.62. The Morgan fingerprint density at radius 3 is 2.94 bits per heavy atom. The van der Waals surface area contributed by atoms with Crippen LogP contribution in [0.1, 0.15) is 24.3 Å². The summed E-state index contributed by atoms with van der Waals surface area (Å²) in [6.07, 6.45) is 0. The number of ether oxygens (including phenoxy) is 2. The first-order chi connectivity index (χ1) is 7.63. The fourth-order valence-electron chi connectivity index (χ4n) is 1.03. The standard InChI is InChI=1S/C11H16N2O3/c1-3-15-11(14)9-5-4-6-10(13-9)16-7-8(2)12/h4-6,8H,3,7,12H2,1-2H3/t8-/m0/s1. The maximum Gasteiger partial charge on any atom is 0.357 e. The topological polar surface area (TPSA) is 74.4 Å². The molecule has 0 fully saturated rings. The molecule has 0 bridgehead atoms. The number of hydrogen-bond donors (Lipinski definition) is 1. The minimum Gasteiger partial charge on any atom is -0.476 e. The molecule has 0 spiro atoms. The van der Waals surface area contributed by atoms with Gasteiger partial charge in [-0.1, -0.05) is 6.07 Å². The number of esters is 1. The highest BCUT2D eigenvalue weighted by Gasteiger charge is 2.09. The molecule has 1 atom stereocenters. The molecule has 2 N–H and O–H groups in total. The molecule has 0 aliphatic carbocycles. The van der Waals surface area contributed by atoms with Crippen molar-refractivity contribution in [3.8, 4) is 5.88 Å². The molecule has 5 heteroatoms. The number of nitrogens with zero attached hydrogens (tertiary/aromatic N) is 1. The van der Waals surface area contributed by atoms with E-state index >= 15 is 0 Å². The summed E-state index contributed by atoms with van der Waals surface area (Å²) >= 11 is 0. The van der Waals surface area contributed by atoms with Crippen LogP contribution in [0.25, 0.3) is 0 Å². The molecule has 1 rings (SSSR count). The maximum atomic E-state index is 11.4. The van der Waals surface area contributed by atoms with E-state index in [-0.39, 0.29) is 11.7 Å². The molecule has 0 amide bonds. The average Bonchev–Trinajstić information content (AvgIpc) is 2.27. The highest BCUT2D eigenvalue weighted by Crippen LogP contribution is 2.08. The Kier molecular flexibility index (Phi) is 4.72. The van der Waals surface area contributed by atoms with Gasteiger partial charge in [-0.15, -0.1) is 0 Å². The maximum absolute atomic E-state index is 11.4. The summed E-state index contributed by atoms with van der Waals surface area (Å²) in [5, 5.41) is 0. The van der Waals surface area contributed by atoms with Gasteiger partial charge in [0.2, 0.25) is 5.88 Å². The monoisotopic (exact) mass is 224 g/mol. The quantitative estimate of drug-likeness (QED) is 0.755. The largest absolute Gasteiger partial charge is 0.476 e. The smallest absolute Gasteiger partial charge is 0.357 e. The van der Waals surface area contributed by atoms with Crippen molar-refractivity contribution in [3.05, 3.63) is 23.9 Å². The predicted molar refractivity (Wildman–Crippen MR) is 59.3 cm³/mol. The molecule has 5 nitrogen and oxygen atoms in total. The lowest BCUT2D eigenvalue weighted by Gasteiger charge is -2.08. The first kappa shape index (κ1) is 12.4. The Labute approximate surface area is 94.6 Å². The van der Waals surface area contributed by atoms with Crippen LogP contribution in [0.4, 0.5) is 0 Å². The predicted octanol–water partition coefficient (Wildman–Crippen LogP) is 0.984. The van der Waals surface area contributed by atoms with Gasteiger partial charge in [0.25, 0.3) is 0 Å². The van der Waals surface area contributed by atoms with Crippen LogP contribution in [0, 0.1) is 0 Å². The second-order valence-electron chi connectivity index (χ2n) is 3.37. The summed E-state index contributed by atoms with van der Waals surface area (Å²) in [6, 6.07) is 4.87. The van der Waals surface area contributed by atoms with Crippen LogP contribution in [-0.4, -0.2) is 30.2 Å². The van der Waals surface area contributed by atoms with Crippen LogP contribution in [0.2, 0.25) is 0 Å². The van der Waals surface area contributed by atoms with Crippen molar-refractivity contribution in [1.82, 2.24) is 4.98 Å². The van der Waals surface area contributed by atoms with Crippen LogP contribution in [0.3, 0.4) is 0 Å². The van der Waals surface area contributed by atoms with E-state index in [1.807, 2.05) is 6.92 Å². The molecule has 0 saturated carbocycles. The first-order valence-electron chi connectivity index (χ1n) is 5.16. The number of aromatic nitrogens is 1. The molecule has 0 aliphatic heterocycles. The van der Waals surface area contributed by atoms with E-state index in [0.717, 1.165) is 0 Å². The number of carbonyl (C=O) groups excluding carboxylic acids is 1. The van der Waals surface area contributed by atoms with E-state index in [1.165, 1.54) is 0 Å². The molecule has 0 saturated heterocycles. The molecule has 1 aromatic rings. The normalized spacial score (nSPS) is 11.9. The molecular formula is C11H16N2O3. The van der Waals surface area contributed by atoms with E-state index in [4.69, 9.17) is 15.2 Å². The van der Waals surface area contributed by atoms with Gasteiger partial charge in [-0.2, -0.15) is 0 Å². The Morgan fingerprint density at radius 1 is 1.56 bits per heavy atom. The zero-order chi connectivity index (χ0) is 12.0. The van der Waals surface area contributed by atoms with Crippen molar-refractivity contribution in [3.63, 3.8) is 0 Å². The minimum atomic E-state index is -0.450. The second-order valence-corrected chi connectivity index (χ2v) is 3.37. The minimum absolute atomic E-state index is 0.0759. The van der Waals surface area contributed by atoms with Crippen LogP contribution < -0.4 is 10.5 Å². The number of nitrogens with two attached hydrogens (primary N) is 1. The molecule has 16 heavy (non-hydrogen) atoms.